The number of aryl methyl sites for hydroxylation is 1. The molecule has 6 heteroatoms. The smallest absolute Gasteiger partial charge is 0.303 e. The maximum atomic E-state index is 11.9. The Morgan fingerprint density at radius 3 is 2.70 bits per heavy atom. The van der Waals surface area contributed by atoms with E-state index in [4.69, 9.17) is 16.7 Å². The van der Waals surface area contributed by atoms with Crippen LogP contribution in [-0.2, 0) is 9.59 Å². The van der Waals surface area contributed by atoms with Gasteiger partial charge in [-0.2, -0.15) is 0 Å². The summed E-state index contributed by atoms with van der Waals surface area (Å²) in [6.07, 6.45) is 0.640. The fourth-order valence-corrected chi connectivity index (χ4v) is 2.01. The molecular weight excluding hydrogens is 280 g/mol. The second-order valence-corrected chi connectivity index (χ2v) is 5.18. The summed E-state index contributed by atoms with van der Waals surface area (Å²) in [6, 6.07) is 5.27. The summed E-state index contributed by atoms with van der Waals surface area (Å²) < 4.78 is 0. The molecule has 0 aliphatic heterocycles. The molecule has 1 rings (SSSR count). The van der Waals surface area contributed by atoms with Crippen LogP contribution < -0.4 is 5.32 Å². The third kappa shape index (κ3) is 6.04. The lowest BCUT2D eigenvalue weighted by atomic mass is 10.2. The molecule has 5 nitrogen and oxygen atoms in total. The topological polar surface area (TPSA) is 69.6 Å². The molecule has 2 N–H and O–H groups in total. The standard InChI is InChI=1S/C14H19ClN2O3/c1-10-8-11(15)5-6-12(10)16-13(18)9-17(2)7-3-4-14(19)20/h5-6,8H,3-4,7,9H2,1-2H3,(H,16,18)(H,19,20). The molecule has 1 aromatic carbocycles. The van der Waals surface area contributed by atoms with Gasteiger partial charge in [0, 0.05) is 17.1 Å². The van der Waals surface area contributed by atoms with Gasteiger partial charge in [-0.25, -0.2) is 0 Å². The van der Waals surface area contributed by atoms with Crippen molar-refractivity contribution in [3.8, 4) is 0 Å². The number of rotatable bonds is 7. The van der Waals surface area contributed by atoms with E-state index in [1.807, 2.05) is 6.92 Å². The summed E-state index contributed by atoms with van der Waals surface area (Å²) in [5, 5.41) is 12.0. The van der Waals surface area contributed by atoms with Crippen LogP contribution in [0.3, 0.4) is 0 Å². The Morgan fingerprint density at radius 1 is 1.40 bits per heavy atom. The normalized spacial score (nSPS) is 10.6. The zero-order chi connectivity index (χ0) is 15.1. The van der Waals surface area contributed by atoms with Crippen molar-refractivity contribution >= 4 is 29.2 Å². The highest BCUT2D eigenvalue weighted by Gasteiger charge is 2.09. The highest BCUT2D eigenvalue weighted by molar-refractivity contribution is 6.30. The number of carbonyl (C=O) groups is 2. The number of anilines is 1. The first-order chi connectivity index (χ1) is 9.38. The number of carbonyl (C=O) groups excluding carboxylic acids is 1. The number of carboxylic acid groups (broad SMARTS) is 1. The molecule has 0 radical (unpaired) electrons. The number of nitrogens with one attached hydrogen (secondary N) is 1. The second-order valence-electron chi connectivity index (χ2n) is 4.74. The lowest BCUT2D eigenvalue weighted by Crippen LogP contribution is -2.31. The average molecular weight is 299 g/mol. The molecule has 110 valence electrons. The molecule has 0 atom stereocenters. The average Bonchev–Trinajstić information content (AvgIpc) is 2.32. The molecule has 0 heterocycles. The molecule has 0 fully saturated rings. The maximum absolute atomic E-state index is 11.9. The minimum atomic E-state index is -0.820. The van der Waals surface area contributed by atoms with Crippen LogP contribution in [0.1, 0.15) is 18.4 Å². The summed E-state index contributed by atoms with van der Waals surface area (Å²) >= 11 is 5.85. The van der Waals surface area contributed by atoms with Crippen LogP contribution in [0.2, 0.25) is 5.02 Å². The highest BCUT2D eigenvalue weighted by Crippen LogP contribution is 2.19. The fraction of sp³-hybridized carbons (Fsp3) is 0.429. The van der Waals surface area contributed by atoms with Crippen molar-refractivity contribution in [1.82, 2.24) is 4.90 Å². The molecule has 0 saturated heterocycles. The van der Waals surface area contributed by atoms with Crippen molar-refractivity contribution in [2.45, 2.75) is 19.8 Å². The van der Waals surface area contributed by atoms with E-state index < -0.39 is 5.97 Å². The molecule has 0 spiro atoms. The van der Waals surface area contributed by atoms with E-state index in [1.165, 1.54) is 0 Å². The molecule has 0 unspecified atom stereocenters. The number of likely N-dealkylation sites (N-methyl/N-ethyl adjacent to an activating group) is 1. The monoisotopic (exact) mass is 298 g/mol. The first kappa shape index (κ1) is 16.5. The zero-order valence-electron chi connectivity index (χ0n) is 11.6. The Bertz CT molecular complexity index is 491. The highest BCUT2D eigenvalue weighted by atomic mass is 35.5. The Morgan fingerprint density at radius 2 is 2.10 bits per heavy atom. The van der Waals surface area contributed by atoms with Gasteiger partial charge in [-0.05, 0) is 50.7 Å². The lowest BCUT2D eigenvalue weighted by molar-refractivity contribution is -0.137. The first-order valence-electron chi connectivity index (χ1n) is 6.35. The summed E-state index contributed by atoms with van der Waals surface area (Å²) in [5.74, 6) is -0.951. The number of amides is 1. The minimum absolute atomic E-state index is 0.113. The van der Waals surface area contributed by atoms with Crippen LogP contribution in [0.5, 0.6) is 0 Å². The van der Waals surface area contributed by atoms with Gasteiger partial charge in [0.15, 0.2) is 0 Å². The van der Waals surface area contributed by atoms with Crippen LogP contribution in [-0.4, -0.2) is 42.0 Å². The summed E-state index contributed by atoms with van der Waals surface area (Å²) in [7, 11) is 1.79. The molecule has 0 aliphatic rings. The number of benzene rings is 1. The first-order valence-corrected chi connectivity index (χ1v) is 6.72. The number of hydrogen-bond donors (Lipinski definition) is 2. The van der Waals surface area contributed by atoms with E-state index in [-0.39, 0.29) is 18.9 Å². The van der Waals surface area contributed by atoms with Crippen molar-refractivity contribution in [1.29, 1.82) is 0 Å². The summed E-state index contributed by atoms with van der Waals surface area (Å²) in [4.78, 5) is 24.1. The number of hydrogen-bond acceptors (Lipinski definition) is 3. The van der Waals surface area contributed by atoms with Crippen LogP contribution >= 0.6 is 11.6 Å². The SMILES string of the molecule is Cc1cc(Cl)ccc1NC(=O)CN(C)CCCC(=O)O. The number of halogens is 1. The van der Waals surface area contributed by atoms with E-state index in [2.05, 4.69) is 5.32 Å². The van der Waals surface area contributed by atoms with Crippen molar-refractivity contribution in [2.75, 3.05) is 25.5 Å². The van der Waals surface area contributed by atoms with Gasteiger partial charge >= 0.3 is 5.97 Å². The predicted molar refractivity (Wildman–Crippen MR) is 79.2 cm³/mol. The number of carboxylic acids is 1. The van der Waals surface area contributed by atoms with Gasteiger partial charge in [0.25, 0.3) is 0 Å². The lowest BCUT2D eigenvalue weighted by Gasteiger charge is -2.16. The van der Waals surface area contributed by atoms with Crippen molar-refractivity contribution in [3.63, 3.8) is 0 Å². The van der Waals surface area contributed by atoms with E-state index in [0.29, 0.717) is 18.0 Å². The third-order valence-electron chi connectivity index (χ3n) is 2.81. The van der Waals surface area contributed by atoms with Gasteiger partial charge in [0.1, 0.15) is 0 Å². The van der Waals surface area contributed by atoms with Crippen LogP contribution in [0.4, 0.5) is 5.69 Å². The maximum Gasteiger partial charge on any atom is 0.303 e. The van der Waals surface area contributed by atoms with Gasteiger partial charge in [-0.3, -0.25) is 14.5 Å². The van der Waals surface area contributed by atoms with Crippen LogP contribution in [0, 0.1) is 6.92 Å². The Kier molecular flexibility index (Phi) is 6.48. The van der Waals surface area contributed by atoms with Crippen molar-refractivity contribution in [3.05, 3.63) is 28.8 Å². The van der Waals surface area contributed by atoms with Crippen molar-refractivity contribution < 1.29 is 14.7 Å². The number of nitrogens with zero attached hydrogens (tertiary/aromatic N) is 1. The molecule has 0 aliphatic carbocycles. The van der Waals surface area contributed by atoms with E-state index in [9.17, 15) is 9.59 Å². The second kappa shape index (κ2) is 7.87. The molecule has 20 heavy (non-hydrogen) atoms. The Balaban J connectivity index is 2.41. The van der Waals surface area contributed by atoms with Gasteiger partial charge in [-0.15, -0.1) is 0 Å². The largest absolute Gasteiger partial charge is 0.481 e. The van der Waals surface area contributed by atoms with Crippen molar-refractivity contribution in [2.24, 2.45) is 0 Å². The molecule has 0 saturated carbocycles. The molecule has 0 aromatic heterocycles. The van der Waals surface area contributed by atoms with E-state index in [0.717, 1.165) is 11.3 Å². The molecular formula is C14H19ClN2O3. The zero-order valence-corrected chi connectivity index (χ0v) is 12.4. The Labute approximate surface area is 123 Å². The molecule has 1 aromatic rings. The van der Waals surface area contributed by atoms with Crippen LogP contribution in [0.15, 0.2) is 18.2 Å². The quantitative estimate of drug-likeness (QED) is 0.811. The predicted octanol–water partition coefficient (Wildman–Crippen LogP) is 2.38. The molecule has 0 bridgehead atoms. The van der Waals surface area contributed by atoms with Crippen LogP contribution in [0.25, 0.3) is 0 Å². The minimum Gasteiger partial charge on any atom is -0.481 e. The van der Waals surface area contributed by atoms with E-state index in [1.54, 1.807) is 30.1 Å². The van der Waals surface area contributed by atoms with Gasteiger partial charge in [-0.1, -0.05) is 11.6 Å². The number of aliphatic carboxylic acids is 1. The summed E-state index contributed by atoms with van der Waals surface area (Å²) in [6.45, 7) is 2.67. The third-order valence-corrected chi connectivity index (χ3v) is 3.04. The summed E-state index contributed by atoms with van der Waals surface area (Å²) in [5.41, 5.74) is 1.64. The van der Waals surface area contributed by atoms with E-state index >= 15 is 0 Å². The van der Waals surface area contributed by atoms with Gasteiger partial charge < -0.3 is 10.4 Å². The molecule has 1 amide bonds. The Hall–Kier alpha value is -1.59. The van der Waals surface area contributed by atoms with Gasteiger partial charge in [0.05, 0.1) is 6.54 Å². The fourth-order valence-electron chi connectivity index (χ4n) is 1.78. The van der Waals surface area contributed by atoms with Gasteiger partial charge in [0.2, 0.25) is 5.91 Å².